The number of rotatable bonds is 5. The van der Waals surface area contributed by atoms with Crippen molar-refractivity contribution in [3.8, 4) is 0 Å². The van der Waals surface area contributed by atoms with Gasteiger partial charge in [-0.05, 0) is 69.9 Å². The number of alkyl halides is 1. The van der Waals surface area contributed by atoms with E-state index in [-0.39, 0.29) is 47.9 Å². The van der Waals surface area contributed by atoms with Crippen molar-refractivity contribution in [3.05, 3.63) is 11.8 Å². The van der Waals surface area contributed by atoms with Crippen LogP contribution in [0.5, 0.6) is 0 Å². The number of ether oxygens (including phenoxy) is 1. The van der Waals surface area contributed by atoms with Crippen LogP contribution in [0.3, 0.4) is 0 Å². The highest BCUT2D eigenvalue weighted by Crippen LogP contribution is 2.50. The maximum atomic E-state index is 16.1. The number of morpholine rings is 1. The Morgan fingerprint density at radius 3 is 2.67 bits per heavy atom. The summed E-state index contributed by atoms with van der Waals surface area (Å²) in [6.45, 7) is 4.94. The zero-order chi connectivity index (χ0) is 26.7. The Morgan fingerprint density at radius 1 is 1.05 bits per heavy atom. The van der Waals surface area contributed by atoms with E-state index in [1.54, 1.807) is 4.90 Å². The lowest BCUT2D eigenvalue weighted by atomic mass is 9.64. The van der Waals surface area contributed by atoms with Crippen molar-refractivity contribution in [2.24, 2.45) is 23.5 Å². The van der Waals surface area contributed by atoms with Crippen molar-refractivity contribution in [1.82, 2.24) is 20.0 Å². The summed E-state index contributed by atoms with van der Waals surface area (Å²) in [5, 5.41) is 3.56. The van der Waals surface area contributed by atoms with Crippen LogP contribution >= 0.6 is 0 Å². The molecule has 7 aliphatic rings. The van der Waals surface area contributed by atoms with Gasteiger partial charge in [-0.3, -0.25) is 9.59 Å². The molecule has 8 nitrogen and oxygen atoms in total. The van der Waals surface area contributed by atoms with Gasteiger partial charge in [0, 0.05) is 44.3 Å². The van der Waals surface area contributed by atoms with Crippen LogP contribution < -0.4 is 11.1 Å². The van der Waals surface area contributed by atoms with Crippen LogP contribution in [-0.4, -0.2) is 108 Å². The Bertz CT molecular complexity index is 988. The third-order valence-corrected chi connectivity index (χ3v) is 11.2. The number of nitrogens with one attached hydrogen (secondary N) is 1. The van der Waals surface area contributed by atoms with Gasteiger partial charge in [-0.1, -0.05) is 19.3 Å². The third-order valence-electron chi connectivity index (χ3n) is 11.2. The molecule has 9 heteroatoms. The Morgan fingerprint density at radius 2 is 1.87 bits per heavy atom. The number of amides is 1. The van der Waals surface area contributed by atoms with E-state index in [9.17, 15) is 9.59 Å². The Hall–Kier alpha value is -1.55. The zero-order valence-electron chi connectivity index (χ0n) is 23.2. The van der Waals surface area contributed by atoms with Crippen LogP contribution in [0, 0.1) is 17.8 Å². The summed E-state index contributed by atoms with van der Waals surface area (Å²) in [7, 11) is 0. The van der Waals surface area contributed by atoms with Gasteiger partial charge in [0.25, 0.3) is 5.91 Å². The first kappa shape index (κ1) is 26.4. The number of hydrogen-bond acceptors (Lipinski definition) is 7. The van der Waals surface area contributed by atoms with E-state index >= 15 is 4.39 Å². The first-order chi connectivity index (χ1) is 19.0. The topological polar surface area (TPSA) is 91.1 Å². The Kier molecular flexibility index (Phi) is 7.23. The largest absolute Gasteiger partial charge is 0.369 e. The van der Waals surface area contributed by atoms with Gasteiger partial charge in [-0.25, -0.2) is 4.39 Å². The number of nitrogens with zero attached hydrogens (tertiary/aromatic N) is 3. The molecule has 216 valence electrons. The molecule has 39 heavy (non-hydrogen) atoms. The van der Waals surface area contributed by atoms with Gasteiger partial charge < -0.3 is 30.5 Å². The van der Waals surface area contributed by atoms with Gasteiger partial charge in [-0.15, -0.1) is 0 Å². The highest BCUT2D eigenvalue weighted by Gasteiger charge is 2.60. The standard InChI is InChI=1S/C30H46FN5O3/c31-23-15-21-26-29(25(23)33-10-14-34-11-3-4-12-34)39-28-20-6-2-1-5-18(20)7-8-24(28)36(26)17-22(27(21)37)30(38)35-13-9-19(32)16-35/h17-21,23-26,28-29,33H,1-16,32H2/t18?,19-,20?,21?,23?,24?,25?,26?,28?,29?/m1/s1. The highest BCUT2D eigenvalue weighted by molar-refractivity contribution is 6.20. The van der Waals surface area contributed by atoms with Crippen LogP contribution in [0.4, 0.5) is 4.39 Å². The van der Waals surface area contributed by atoms with E-state index in [0.717, 1.165) is 45.4 Å². The summed E-state index contributed by atoms with van der Waals surface area (Å²) in [6, 6.07) is -0.549. The molecule has 4 aliphatic heterocycles. The molecule has 7 rings (SSSR count). The van der Waals surface area contributed by atoms with E-state index in [2.05, 4.69) is 15.1 Å². The Balaban J connectivity index is 1.20. The summed E-state index contributed by atoms with van der Waals surface area (Å²) in [5.41, 5.74) is 6.33. The monoisotopic (exact) mass is 543 g/mol. The number of Topliss-reactive ketones (excluding diaryl/α,β-unsaturated/α-hetero) is 1. The summed E-state index contributed by atoms with van der Waals surface area (Å²) in [4.78, 5) is 34.0. The molecule has 0 aromatic heterocycles. The second kappa shape index (κ2) is 10.7. The maximum absolute atomic E-state index is 16.1. The van der Waals surface area contributed by atoms with Crippen molar-refractivity contribution >= 4 is 11.7 Å². The second-order valence-electron chi connectivity index (χ2n) is 13.5. The maximum Gasteiger partial charge on any atom is 0.259 e. The van der Waals surface area contributed by atoms with E-state index in [0.29, 0.717) is 24.9 Å². The van der Waals surface area contributed by atoms with Crippen molar-refractivity contribution in [3.63, 3.8) is 0 Å². The molecule has 0 aromatic carbocycles. The number of nitrogens with two attached hydrogens (primary N) is 1. The zero-order valence-corrected chi connectivity index (χ0v) is 23.2. The average molecular weight is 544 g/mol. The minimum atomic E-state index is -1.18. The molecular weight excluding hydrogens is 497 g/mol. The fourth-order valence-corrected chi connectivity index (χ4v) is 9.29. The first-order valence-corrected chi connectivity index (χ1v) is 15.8. The molecule has 6 fully saturated rings. The molecule has 4 heterocycles. The van der Waals surface area contributed by atoms with Gasteiger partial charge in [0.2, 0.25) is 0 Å². The van der Waals surface area contributed by atoms with Crippen LogP contribution in [0.1, 0.15) is 64.2 Å². The molecule has 3 aliphatic carbocycles. The quantitative estimate of drug-likeness (QED) is 0.512. The number of carbonyl (C=O) groups excluding carboxylic acids is 2. The second-order valence-corrected chi connectivity index (χ2v) is 13.5. The van der Waals surface area contributed by atoms with Gasteiger partial charge in [-0.2, -0.15) is 0 Å². The molecule has 3 N–H and O–H groups in total. The van der Waals surface area contributed by atoms with Gasteiger partial charge in [0.15, 0.2) is 5.78 Å². The molecular formula is C30H46FN5O3. The number of ketones is 1. The molecule has 0 radical (unpaired) electrons. The van der Waals surface area contributed by atoms with Crippen LogP contribution in [0.2, 0.25) is 0 Å². The SMILES string of the molecule is N[C@@H]1CCN(C(=O)C2=CN3C4CCC5CCCCC5C4OC4C(NCCN5CCCC5)C(F)CC(C2=O)C43)C1. The van der Waals surface area contributed by atoms with Crippen LogP contribution in [0.25, 0.3) is 0 Å². The van der Waals surface area contributed by atoms with E-state index in [1.165, 1.54) is 38.5 Å². The molecule has 0 spiro atoms. The van der Waals surface area contributed by atoms with Crippen molar-refractivity contribution in [2.75, 3.05) is 39.3 Å². The molecule has 0 bridgehead atoms. The predicted molar refractivity (Wildman–Crippen MR) is 145 cm³/mol. The van der Waals surface area contributed by atoms with Gasteiger partial charge >= 0.3 is 0 Å². The Labute approximate surface area is 231 Å². The van der Waals surface area contributed by atoms with Crippen LogP contribution in [0.15, 0.2) is 11.8 Å². The molecule has 0 aromatic rings. The normalized spacial score (nSPS) is 44.1. The first-order valence-electron chi connectivity index (χ1n) is 15.8. The average Bonchev–Trinajstić information content (AvgIpc) is 3.63. The number of likely N-dealkylation sites (tertiary alicyclic amines) is 2. The van der Waals surface area contributed by atoms with E-state index in [4.69, 9.17) is 10.5 Å². The lowest BCUT2D eigenvalue weighted by molar-refractivity contribution is -0.220. The smallest absolute Gasteiger partial charge is 0.259 e. The molecule has 10 atom stereocenters. The van der Waals surface area contributed by atoms with Gasteiger partial charge in [0.05, 0.1) is 35.9 Å². The number of fused-ring (bicyclic) bond motifs is 4. The van der Waals surface area contributed by atoms with Crippen molar-refractivity contribution < 1.29 is 18.7 Å². The molecule has 1 amide bonds. The predicted octanol–water partition coefficient (Wildman–Crippen LogP) is 1.83. The number of halogens is 1. The van der Waals surface area contributed by atoms with Crippen molar-refractivity contribution in [2.45, 2.75) is 107 Å². The van der Waals surface area contributed by atoms with Gasteiger partial charge in [0.1, 0.15) is 6.17 Å². The summed E-state index contributed by atoms with van der Waals surface area (Å²) in [6.07, 6.45) is 10.8. The highest BCUT2D eigenvalue weighted by atomic mass is 19.1. The minimum absolute atomic E-state index is 0.0279. The summed E-state index contributed by atoms with van der Waals surface area (Å²) >= 11 is 0. The lowest BCUT2D eigenvalue weighted by Gasteiger charge is -2.61. The third kappa shape index (κ3) is 4.65. The summed E-state index contributed by atoms with van der Waals surface area (Å²) in [5.74, 6) is 0.175. The number of carbonyl (C=O) groups is 2. The summed E-state index contributed by atoms with van der Waals surface area (Å²) < 4.78 is 23.1. The molecule has 3 saturated carbocycles. The minimum Gasteiger partial charge on any atom is -0.369 e. The fourth-order valence-electron chi connectivity index (χ4n) is 9.29. The van der Waals surface area contributed by atoms with Crippen molar-refractivity contribution in [1.29, 1.82) is 0 Å². The molecule has 3 saturated heterocycles. The van der Waals surface area contributed by atoms with Crippen LogP contribution in [-0.2, 0) is 14.3 Å². The molecule has 9 unspecified atom stereocenters. The lowest BCUT2D eigenvalue weighted by Crippen LogP contribution is -2.74. The van der Waals surface area contributed by atoms with E-state index < -0.39 is 24.2 Å². The number of hydrogen-bond donors (Lipinski definition) is 2. The fraction of sp³-hybridized carbons (Fsp3) is 0.867. The van der Waals surface area contributed by atoms with E-state index in [1.807, 2.05) is 6.20 Å².